The highest BCUT2D eigenvalue weighted by molar-refractivity contribution is 7.92. The number of carbonyl (C=O) groups is 1. The zero-order valence-electron chi connectivity index (χ0n) is 16.7. The first-order chi connectivity index (χ1) is 13.6. The number of hydrogen-bond acceptors (Lipinski definition) is 6. The second-order valence-corrected chi connectivity index (χ2v) is 8.38. The maximum Gasteiger partial charge on any atom is 0.248 e. The van der Waals surface area contributed by atoms with Gasteiger partial charge in [-0.05, 0) is 31.2 Å². The van der Waals surface area contributed by atoms with Gasteiger partial charge in [-0.2, -0.15) is 0 Å². The van der Waals surface area contributed by atoms with Crippen molar-refractivity contribution in [3.63, 3.8) is 0 Å². The van der Waals surface area contributed by atoms with Crippen molar-refractivity contribution < 1.29 is 27.4 Å². The van der Waals surface area contributed by atoms with Crippen molar-refractivity contribution in [2.24, 2.45) is 0 Å². The minimum absolute atomic E-state index is 0.300. The van der Waals surface area contributed by atoms with E-state index in [0.717, 1.165) is 10.6 Å². The van der Waals surface area contributed by atoms with Crippen LogP contribution in [0.3, 0.4) is 0 Å². The number of halogens is 1. The van der Waals surface area contributed by atoms with Crippen LogP contribution >= 0.6 is 11.6 Å². The lowest BCUT2D eigenvalue weighted by Gasteiger charge is -2.28. The summed E-state index contributed by atoms with van der Waals surface area (Å²) in [5, 5.41) is 2.99. The number of rotatable bonds is 8. The van der Waals surface area contributed by atoms with Gasteiger partial charge in [0.1, 0.15) is 23.3 Å². The van der Waals surface area contributed by atoms with E-state index in [4.69, 9.17) is 25.8 Å². The number of sulfonamides is 1. The van der Waals surface area contributed by atoms with Gasteiger partial charge in [-0.15, -0.1) is 0 Å². The van der Waals surface area contributed by atoms with E-state index in [0.29, 0.717) is 33.6 Å². The van der Waals surface area contributed by atoms with Gasteiger partial charge in [-0.25, -0.2) is 8.42 Å². The molecule has 0 saturated heterocycles. The molecule has 0 radical (unpaired) electrons. The molecule has 8 nitrogen and oxygen atoms in total. The van der Waals surface area contributed by atoms with Gasteiger partial charge in [0, 0.05) is 12.1 Å². The highest BCUT2D eigenvalue weighted by atomic mass is 35.5. The molecular formula is C19H23ClN2O6S. The SMILES string of the molecule is COc1ccc(N([C@@H](C)C(=O)Nc2cc(OC)c(Cl)cc2OC)S(C)(=O)=O)cc1. The molecule has 1 atom stereocenters. The van der Waals surface area contributed by atoms with E-state index in [1.165, 1.54) is 40.4 Å². The van der Waals surface area contributed by atoms with E-state index < -0.39 is 22.0 Å². The number of amides is 1. The molecule has 1 amide bonds. The summed E-state index contributed by atoms with van der Waals surface area (Å²) in [6, 6.07) is 8.31. The molecule has 0 heterocycles. The molecule has 0 bridgehead atoms. The topological polar surface area (TPSA) is 94.2 Å². The second-order valence-electron chi connectivity index (χ2n) is 6.11. The van der Waals surface area contributed by atoms with Crippen LogP contribution in [0.2, 0.25) is 5.02 Å². The number of benzene rings is 2. The highest BCUT2D eigenvalue weighted by Gasteiger charge is 2.30. The molecule has 29 heavy (non-hydrogen) atoms. The van der Waals surface area contributed by atoms with E-state index in [1.54, 1.807) is 24.3 Å². The maximum absolute atomic E-state index is 12.9. The molecule has 0 aliphatic rings. The van der Waals surface area contributed by atoms with Crippen molar-refractivity contribution in [3.8, 4) is 17.2 Å². The van der Waals surface area contributed by atoms with Crippen LogP contribution in [0.4, 0.5) is 11.4 Å². The van der Waals surface area contributed by atoms with Crippen LogP contribution in [0, 0.1) is 0 Å². The Morgan fingerprint density at radius 1 is 1.03 bits per heavy atom. The number of ether oxygens (including phenoxy) is 3. The fourth-order valence-corrected chi connectivity index (χ4v) is 4.14. The van der Waals surface area contributed by atoms with Crippen LogP contribution in [0.15, 0.2) is 36.4 Å². The Morgan fingerprint density at radius 3 is 2.10 bits per heavy atom. The number of nitrogens with zero attached hydrogens (tertiary/aromatic N) is 1. The van der Waals surface area contributed by atoms with E-state index >= 15 is 0 Å². The Kier molecular flexibility index (Phi) is 7.21. The molecular weight excluding hydrogens is 420 g/mol. The number of anilines is 2. The molecule has 0 unspecified atom stereocenters. The quantitative estimate of drug-likeness (QED) is 0.674. The van der Waals surface area contributed by atoms with Crippen LogP contribution < -0.4 is 23.8 Å². The molecule has 0 fully saturated rings. The van der Waals surface area contributed by atoms with Crippen molar-refractivity contribution in [3.05, 3.63) is 41.4 Å². The molecule has 0 spiro atoms. The summed E-state index contributed by atoms with van der Waals surface area (Å²) in [7, 11) is 0.622. The summed E-state index contributed by atoms with van der Waals surface area (Å²) in [6.07, 6.45) is 1.03. The first-order valence-corrected chi connectivity index (χ1v) is 10.7. The number of methoxy groups -OCH3 is 3. The standard InChI is InChI=1S/C19H23ClN2O6S/c1-12(22(29(5,24)25)13-6-8-14(26-2)9-7-13)19(23)21-16-11-17(27-3)15(20)10-18(16)28-4/h6-12H,1-5H3,(H,21,23)/t12-/m0/s1. The second kappa shape index (κ2) is 9.23. The minimum atomic E-state index is -3.75. The Labute approximate surface area is 175 Å². The first-order valence-electron chi connectivity index (χ1n) is 8.48. The van der Waals surface area contributed by atoms with E-state index in [2.05, 4.69) is 5.32 Å². The normalized spacial score (nSPS) is 12.1. The largest absolute Gasteiger partial charge is 0.497 e. The van der Waals surface area contributed by atoms with Crippen LogP contribution in [0.5, 0.6) is 17.2 Å². The van der Waals surface area contributed by atoms with Gasteiger partial charge in [-0.3, -0.25) is 9.10 Å². The van der Waals surface area contributed by atoms with Crippen molar-refractivity contribution in [2.75, 3.05) is 37.2 Å². The number of hydrogen-bond donors (Lipinski definition) is 1. The molecule has 158 valence electrons. The third kappa shape index (κ3) is 5.24. The Hall–Kier alpha value is -2.65. The summed E-state index contributed by atoms with van der Waals surface area (Å²) < 4.78 is 41.3. The number of carbonyl (C=O) groups excluding carboxylic acids is 1. The first kappa shape index (κ1) is 22.6. The molecule has 10 heteroatoms. The molecule has 0 aromatic heterocycles. The van der Waals surface area contributed by atoms with Crippen molar-refractivity contribution in [1.82, 2.24) is 0 Å². The molecule has 0 aliphatic carbocycles. The Balaban J connectivity index is 2.37. The van der Waals surface area contributed by atoms with E-state index in [-0.39, 0.29) is 0 Å². The lowest BCUT2D eigenvalue weighted by molar-refractivity contribution is -0.116. The highest BCUT2D eigenvalue weighted by Crippen LogP contribution is 2.36. The fourth-order valence-electron chi connectivity index (χ4n) is 2.73. The monoisotopic (exact) mass is 442 g/mol. The van der Waals surface area contributed by atoms with Crippen LogP contribution in [0.1, 0.15) is 6.92 Å². The van der Waals surface area contributed by atoms with Crippen LogP contribution in [-0.2, 0) is 14.8 Å². The number of nitrogens with one attached hydrogen (secondary N) is 1. The van der Waals surface area contributed by atoms with Gasteiger partial charge in [0.25, 0.3) is 0 Å². The molecule has 0 aliphatic heterocycles. The summed E-state index contributed by atoms with van der Waals surface area (Å²) in [4.78, 5) is 12.9. The molecule has 1 N–H and O–H groups in total. The van der Waals surface area contributed by atoms with Gasteiger partial charge in [-0.1, -0.05) is 11.6 Å². The van der Waals surface area contributed by atoms with Gasteiger partial charge in [0.2, 0.25) is 15.9 Å². The maximum atomic E-state index is 12.9. The summed E-state index contributed by atoms with van der Waals surface area (Å²) in [6.45, 7) is 1.49. The third-order valence-electron chi connectivity index (χ3n) is 4.15. The molecule has 2 aromatic rings. The summed E-state index contributed by atoms with van der Waals surface area (Å²) in [5.41, 5.74) is 0.630. The molecule has 2 aromatic carbocycles. The lowest BCUT2D eigenvalue weighted by atomic mass is 10.2. The predicted octanol–water partition coefficient (Wildman–Crippen LogP) is 3.16. The van der Waals surface area contributed by atoms with Gasteiger partial charge < -0.3 is 19.5 Å². The van der Waals surface area contributed by atoms with Gasteiger partial charge in [0.05, 0.1) is 44.0 Å². The summed E-state index contributed by atoms with van der Waals surface area (Å²) >= 11 is 6.08. The van der Waals surface area contributed by atoms with Crippen LogP contribution in [0.25, 0.3) is 0 Å². The Bertz CT molecular complexity index is 979. The lowest BCUT2D eigenvalue weighted by Crippen LogP contribution is -2.45. The van der Waals surface area contributed by atoms with Crippen LogP contribution in [-0.4, -0.2) is 48.0 Å². The van der Waals surface area contributed by atoms with Crippen molar-refractivity contribution in [1.29, 1.82) is 0 Å². The minimum Gasteiger partial charge on any atom is -0.497 e. The van der Waals surface area contributed by atoms with Crippen molar-refractivity contribution in [2.45, 2.75) is 13.0 Å². The average molecular weight is 443 g/mol. The fraction of sp³-hybridized carbons (Fsp3) is 0.316. The smallest absolute Gasteiger partial charge is 0.248 e. The third-order valence-corrected chi connectivity index (χ3v) is 5.68. The predicted molar refractivity (Wildman–Crippen MR) is 113 cm³/mol. The molecule has 2 rings (SSSR count). The molecule has 0 saturated carbocycles. The zero-order chi connectivity index (χ0) is 21.8. The summed E-state index contributed by atoms with van der Waals surface area (Å²) in [5.74, 6) is 0.656. The average Bonchev–Trinajstić information content (AvgIpc) is 2.68. The van der Waals surface area contributed by atoms with Gasteiger partial charge >= 0.3 is 0 Å². The van der Waals surface area contributed by atoms with Gasteiger partial charge in [0.15, 0.2) is 0 Å². The Morgan fingerprint density at radius 2 is 1.62 bits per heavy atom. The van der Waals surface area contributed by atoms with Crippen molar-refractivity contribution >= 4 is 38.9 Å². The van der Waals surface area contributed by atoms with E-state index in [9.17, 15) is 13.2 Å². The van der Waals surface area contributed by atoms with E-state index in [1.807, 2.05) is 0 Å². The zero-order valence-corrected chi connectivity index (χ0v) is 18.3.